The molecule has 30 heavy (non-hydrogen) atoms. The SMILES string of the molecule is CCCCC1CCC(C2(CCCCC(F)(F)F)C=CC(c3ccccc3)=CC2)CC1. The molecule has 0 nitrogen and oxygen atoms in total. The van der Waals surface area contributed by atoms with E-state index < -0.39 is 12.6 Å². The Morgan fingerprint density at radius 1 is 0.967 bits per heavy atom. The van der Waals surface area contributed by atoms with Gasteiger partial charge in [0.25, 0.3) is 0 Å². The molecule has 3 rings (SSSR count). The van der Waals surface area contributed by atoms with E-state index in [1.54, 1.807) is 0 Å². The number of allylic oxidation sites excluding steroid dienone is 4. The fourth-order valence-electron chi connectivity index (χ4n) is 5.53. The second-order valence-electron chi connectivity index (χ2n) is 9.48. The number of hydrogen-bond donors (Lipinski definition) is 0. The zero-order valence-electron chi connectivity index (χ0n) is 18.4. The van der Waals surface area contributed by atoms with Crippen molar-refractivity contribution < 1.29 is 13.2 Å². The molecule has 1 saturated carbocycles. The van der Waals surface area contributed by atoms with E-state index in [-0.39, 0.29) is 11.8 Å². The third-order valence-electron chi connectivity index (χ3n) is 7.38. The van der Waals surface area contributed by atoms with Gasteiger partial charge in [-0.3, -0.25) is 0 Å². The summed E-state index contributed by atoms with van der Waals surface area (Å²) in [6, 6.07) is 10.4. The Bertz CT molecular complexity index is 693. The summed E-state index contributed by atoms with van der Waals surface area (Å²) < 4.78 is 37.9. The molecule has 0 heterocycles. The van der Waals surface area contributed by atoms with Gasteiger partial charge in [0.2, 0.25) is 0 Å². The van der Waals surface area contributed by atoms with E-state index in [0.29, 0.717) is 12.3 Å². The highest BCUT2D eigenvalue weighted by Crippen LogP contribution is 2.50. The van der Waals surface area contributed by atoms with Gasteiger partial charge in [0.1, 0.15) is 0 Å². The minimum Gasteiger partial charge on any atom is -0.171 e. The minimum atomic E-state index is -4.03. The lowest BCUT2D eigenvalue weighted by Gasteiger charge is -2.44. The quantitative estimate of drug-likeness (QED) is 0.351. The molecule has 1 atom stereocenters. The molecule has 0 amide bonds. The van der Waals surface area contributed by atoms with Gasteiger partial charge in [-0.05, 0) is 60.5 Å². The van der Waals surface area contributed by atoms with Crippen LogP contribution >= 0.6 is 0 Å². The maximum absolute atomic E-state index is 12.6. The normalized spacial score (nSPS) is 27.1. The minimum absolute atomic E-state index is 0.0413. The van der Waals surface area contributed by atoms with Gasteiger partial charge in [-0.15, -0.1) is 0 Å². The van der Waals surface area contributed by atoms with Gasteiger partial charge in [0, 0.05) is 6.42 Å². The van der Waals surface area contributed by atoms with Crippen molar-refractivity contribution in [2.24, 2.45) is 17.3 Å². The average molecular weight is 419 g/mol. The van der Waals surface area contributed by atoms with E-state index in [0.717, 1.165) is 18.8 Å². The van der Waals surface area contributed by atoms with Crippen LogP contribution in [0.5, 0.6) is 0 Å². The molecule has 1 unspecified atom stereocenters. The van der Waals surface area contributed by atoms with Crippen molar-refractivity contribution in [1.29, 1.82) is 0 Å². The van der Waals surface area contributed by atoms with Crippen molar-refractivity contribution in [2.75, 3.05) is 0 Å². The molecular weight excluding hydrogens is 381 g/mol. The summed E-state index contributed by atoms with van der Waals surface area (Å²) in [7, 11) is 0. The second-order valence-corrected chi connectivity index (χ2v) is 9.48. The van der Waals surface area contributed by atoms with Crippen LogP contribution < -0.4 is 0 Å². The number of alkyl halides is 3. The first-order valence-corrected chi connectivity index (χ1v) is 11.9. The zero-order chi connectivity index (χ0) is 21.5. The summed E-state index contributed by atoms with van der Waals surface area (Å²) in [4.78, 5) is 0. The van der Waals surface area contributed by atoms with Crippen molar-refractivity contribution in [3.05, 3.63) is 54.1 Å². The number of rotatable bonds is 9. The predicted octanol–water partition coefficient (Wildman–Crippen LogP) is 9.14. The highest BCUT2D eigenvalue weighted by atomic mass is 19.4. The van der Waals surface area contributed by atoms with Gasteiger partial charge in [-0.25, -0.2) is 0 Å². The van der Waals surface area contributed by atoms with Crippen molar-refractivity contribution >= 4 is 5.57 Å². The molecule has 1 aromatic rings. The molecule has 0 saturated heterocycles. The zero-order valence-corrected chi connectivity index (χ0v) is 18.4. The first-order valence-electron chi connectivity index (χ1n) is 11.9. The van der Waals surface area contributed by atoms with Crippen molar-refractivity contribution in [1.82, 2.24) is 0 Å². The first-order chi connectivity index (χ1) is 14.4. The van der Waals surface area contributed by atoms with Gasteiger partial charge >= 0.3 is 6.18 Å². The molecule has 2 aliphatic rings. The standard InChI is InChI=1S/C27H37F3/c1-2-3-9-22-12-14-25(15-13-22)26(18-7-8-19-27(28,29)30)20-16-24(17-21-26)23-10-5-4-6-11-23/h4-6,10-11,16-17,20,22,25H,2-3,7-9,12-15,18-19,21H2,1H3. The van der Waals surface area contributed by atoms with E-state index in [1.807, 2.05) is 6.07 Å². The van der Waals surface area contributed by atoms with Crippen LogP contribution in [-0.2, 0) is 0 Å². The fourth-order valence-corrected chi connectivity index (χ4v) is 5.53. The van der Waals surface area contributed by atoms with Crippen LogP contribution in [-0.4, -0.2) is 6.18 Å². The Kier molecular flexibility index (Phi) is 8.25. The van der Waals surface area contributed by atoms with Gasteiger partial charge < -0.3 is 0 Å². The summed E-state index contributed by atoms with van der Waals surface area (Å²) in [5.41, 5.74) is 2.51. The van der Waals surface area contributed by atoms with E-state index in [1.165, 1.54) is 56.1 Å². The fraction of sp³-hybridized carbons (Fsp3) is 0.630. The monoisotopic (exact) mass is 418 g/mol. The summed E-state index contributed by atoms with van der Waals surface area (Å²) in [5, 5.41) is 0. The molecule has 0 aliphatic heterocycles. The molecule has 0 N–H and O–H groups in total. The molecule has 0 radical (unpaired) electrons. The maximum Gasteiger partial charge on any atom is 0.389 e. The Hall–Kier alpha value is -1.51. The van der Waals surface area contributed by atoms with E-state index in [2.05, 4.69) is 49.4 Å². The highest BCUT2D eigenvalue weighted by molar-refractivity contribution is 5.75. The predicted molar refractivity (Wildman–Crippen MR) is 120 cm³/mol. The lowest BCUT2D eigenvalue weighted by molar-refractivity contribution is -0.135. The van der Waals surface area contributed by atoms with Crippen LogP contribution in [0.2, 0.25) is 0 Å². The van der Waals surface area contributed by atoms with Crippen LogP contribution in [0.15, 0.2) is 48.6 Å². The molecule has 166 valence electrons. The summed E-state index contributed by atoms with van der Waals surface area (Å²) in [5.74, 6) is 1.46. The second kappa shape index (κ2) is 10.7. The van der Waals surface area contributed by atoms with Crippen LogP contribution in [0.3, 0.4) is 0 Å². The van der Waals surface area contributed by atoms with Crippen LogP contribution in [0, 0.1) is 17.3 Å². The Morgan fingerprint density at radius 2 is 1.70 bits per heavy atom. The smallest absolute Gasteiger partial charge is 0.171 e. The molecule has 1 aromatic carbocycles. The Morgan fingerprint density at radius 3 is 2.30 bits per heavy atom. The van der Waals surface area contributed by atoms with Crippen LogP contribution in [0.4, 0.5) is 13.2 Å². The van der Waals surface area contributed by atoms with Crippen molar-refractivity contribution in [3.8, 4) is 0 Å². The van der Waals surface area contributed by atoms with Crippen molar-refractivity contribution in [2.45, 2.75) is 90.1 Å². The molecule has 0 bridgehead atoms. The number of hydrogen-bond acceptors (Lipinski definition) is 0. The van der Waals surface area contributed by atoms with Crippen LogP contribution in [0.25, 0.3) is 5.57 Å². The lowest BCUT2D eigenvalue weighted by Crippen LogP contribution is -2.33. The molecule has 0 spiro atoms. The molecule has 3 heteroatoms. The largest absolute Gasteiger partial charge is 0.389 e. The maximum atomic E-state index is 12.6. The number of unbranched alkanes of at least 4 members (excludes halogenated alkanes) is 2. The van der Waals surface area contributed by atoms with Crippen molar-refractivity contribution in [3.63, 3.8) is 0 Å². The summed E-state index contributed by atoms with van der Waals surface area (Å²) in [6.07, 6.45) is 14.0. The first kappa shape index (κ1) is 23.2. The Balaban J connectivity index is 1.66. The van der Waals surface area contributed by atoms with E-state index in [4.69, 9.17) is 0 Å². The van der Waals surface area contributed by atoms with E-state index >= 15 is 0 Å². The number of benzene rings is 1. The third-order valence-corrected chi connectivity index (χ3v) is 7.38. The van der Waals surface area contributed by atoms with Crippen LogP contribution in [0.1, 0.15) is 89.5 Å². The lowest BCUT2D eigenvalue weighted by atomic mass is 9.61. The molecular formula is C27H37F3. The highest BCUT2D eigenvalue weighted by Gasteiger charge is 2.39. The number of halogens is 3. The summed E-state index contributed by atoms with van der Waals surface area (Å²) >= 11 is 0. The summed E-state index contributed by atoms with van der Waals surface area (Å²) in [6.45, 7) is 2.26. The molecule has 0 aromatic heterocycles. The Labute approximate surface area is 180 Å². The average Bonchev–Trinajstić information content (AvgIpc) is 2.76. The third kappa shape index (κ3) is 6.49. The van der Waals surface area contributed by atoms with Gasteiger partial charge in [0.15, 0.2) is 0 Å². The topological polar surface area (TPSA) is 0 Å². The van der Waals surface area contributed by atoms with Gasteiger partial charge in [-0.1, -0.05) is 94.0 Å². The molecule has 1 fully saturated rings. The van der Waals surface area contributed by atoms with Gasteiger partial charge in [-0.2, -0.15) is 13.2 Å². The van der Waals surface area contributed by atoms with Gasteiger partial charge in [0.05, 0.1) is 0 Å². The molecule has 2 aliphatic carbocycles. The van der Waals surface area contributed by atoms with E-state index in [9.17, 15) is 13.2 Å².